The number of rotatable bonds is 6. The van der Waals surface area contributed by atoms with Crippen LogP contribution < -0.4 is 9.47 Å². The molecule has 1 saturated heterocycles. The second kappa shape index (κ2) is 8.63. The van der Waals surface area contributed by atoms with Crippen LogP contribution in [0, 0.1) is 0 Å². The van der Waals surface area contributed by atoms with Crippen molar-refractivity contribution in [3.8, 4) is 11.5 Å². The van der Waals surface area contributed by atoms with Gasteiger partial charge in [-0.15, -0.1) is 0 Å². The van der Waals surface area contributed by atoms with Crippen LogP contribution in [0.3, 0.4) is 0 Å². The van der Waals surface area contributed by atoms with Crippen molar-refractivity contribution < 1.29 is 19.4 Å². The number of likely N-dealkylation sites (tertiary alicyclic amines) is 1. The molecule has 2 atom stereocenters. The Morgan fingerprint density at radius 3 is 2.70 bits per heavy atom. The van der Waals surface area contributed by atoms with Gasteiger partial charge in [-0.3, -0.25) is 9.69 Å². The summed E-state index contributed by atoms with van der Waals surface area (Å²) in [5, 5.41) is 10.4. The number of benzene rings is 2. The molecule has 2 aromatic carbocycles. The number of carboxylic acids is 1. The average Bonchev–Trinajstić information content (AvgIpc) is 2.69. The molecular weight excluding hydrogens is 366 g/mol. The molecule has 1 heterocycles. The number of hydrogen-bond donors (Lipinski definition) is 1. The molecule has 1 aliphatic rings. The van der Waals surface area contributed by atoms with Gasteiger partial charge in [0.05, 0.1) is 20.3 Å². The minimum Gasteiger partial charge on any atom is -0.497 e. The highest BCUT2D eigenvalue weighted by atomic mass is 35.5. The molecular formula is C21H24ClNO4. The molecule has 5 nitrogen and oxygen atoms in total. The third-order valence-electron chi connectivity index (χ3n) is 5.06. The second-order valence-corrected chi connectivity index (χ2v) is 7.09. The third-order valence-corrected chi connectivity index (χ3v) is 5.29. The van der Waals surface area contributed by atoms with Crippen LogP contribution in [0.5, 0.6) is 11.5 Å². The highest BCUT2D eigenvalue weighted by molar-refractivity contribution is 6.30. The van der Waals surface area contributed by atoms with E-state index in [2.05, 4.69) is 0 Å². The zero-order chi connectivity index (χ0) is 19.4. The molecule has 0 radical (unpaired) electrons. The number of ether oxygens (including phenoxy) is 2. The quantitative estimate of drug-likeness (QED) is 0.794. The van der Waals surface area contributed by atoms with E-state index in [0.717, 1.165) is 29.7 Å². The van der Waals surface area contributed by atoms with E-state index in [1.165, 1.54) is 0 Å². The highest BCUT2D eigenvalue weighted by Gasteiger charge is 2.36. The van der Waals surface area contributed by atoms with E-state index >= 15 is 0 Å². The predicted octanol–water partition coefficient (Wildman–Crippen LogP) is 4.39. The lowest BCUT2D eigenvalue weighted by Crippen LogP contribution is -2.46. The molecule has 0 amide bonds. The SMILES string of the molecule is COc1cccc(C(c2cc(Cl)ccc2OC)N2CCCCC2C(=O)O)c1. The summed E-state index contributed by atoms with van der Waals surface area (Å²) < 4.78 is 11.0. The van der Waals surface area contributed by atoms with Crippen LogP contribution in [0.15, 0.2) is 42.5 Å². The molecule has 6 heteroatoms. The van der Waals surface area contributed by atoms with Gasteiger partial charge in [0, 0.05) is 10.6 Å². The Morgan fingerprint density at radius 1 is 1.19 bits per heavy atom. The number of nitrogens with zero attached hydrogens (tertiary/aromatic N) is 1. The fourth-order valence-corrected chi connectivity index (χ4v) is 3.99. The molecule has 2 unspecified atom stereocenters. The molecule has 0 spiro atoms. The monoisotopic (exact) mass is 389 g/mol. The first kappa shape index (κ1) is 19.5. The van der Waals surface area contributed by atoms with Crippen molar-refractivity contribution in [3.05, 3.63) is 58.6 Å². The standard InChI is InChI=1S/C21H24ClNO4/c1-26-16-7-5-6-14(12-16)20(17-13-15(22)9-10-19(17)27-2)23-11-4-3-8-18(23)21(24)25/h5-7,9-10,12-13,18,20H,3-4,8,11H2,1-2H3,(H,24,25). The van der Waals surface area contributed by atoms with Crippen LogP contribution >= 0.6 is 11.6 Å². The first-order valence-corrected chi connectivity index (χ1v) is 9.39. The first-order chi connectivity index (χ1) is 13.0. The lowest BCUT2D eigenvalue weighted by atomic mass is 9.91. The maximum absolute atomic E-state index is 12.0. The molecule has 0 aromatic heterocycles. The smallest absolute Gasteiger partial charge is 0.320 e. The van der Waals surface area contributed by atoms with Crippen LogP contribution in [0.1, 0.15) is 36.4 Å². The van der Waals surface area contributed by atoms with Gasteiger partial charge in [-0.2, -0.15) is 0 Å². The summed E-state index contributed by atoms with van der Waals surface area (Å²) in [6.07, 6.45) is 2.48. The molecule has 27 heavy (non-hydrogen) atoms. The van der Waals surface area contributed by atoms with Crippen LogP contribution in [-0.4, -0.2) is 42.8 Å². The molecule has 0 saturated carbocycles. The number of hydrogen-bond acceptors (Lipinski definition) is 4. The molecule has 1 aliphatic heterocycles. The number of carbonyl (C=O) groups is 1. The maximum Gasteiger partial charge on any atom is 0.320 e. The van der Waals surface area contributed by atoms with Gasteiger partial charge in [0.2, 0.25) is 0 Å². The molecule has 0 aliphatic carbocycles. The summed E-state index contributed by atoms with van der Waals surface area (Å²) in [7, 11) is 3.23. The zero-order valence-corrected chi connectivity index (χ0v) is 16.3. The number of halogens is 1. The molecule has 144 valence electrons. The predicted molar refractivity (Wildman–Crippen MR) is 105 cm³/mol. The molecule has 2 aromatic rings. The van der Waals surface area contributed by atoms with Gasteiger partial charge < -0.3 is 14.6 Å². The van der Waals surface area contributed by atoms with E-state index in [4.69, 9.17) is 21.1 Å². The fourth-order valence-electron chi connectivity index (χ4n) is 3.81. The van der Waals surface area contributed by atoms with E-state index in [0.29, 0.717) is 23.7 Å². The van der Waals surface area contributed by atoms with Crippen molar-refractivity contribution in [2.24, 2.45) is 0 Å². The van der Waals surface area contributed by atoms with Gasteiger partial charge in [0.25, 0.3) is 0 Å². The van der Waals surface area contributed by atoms with Crippen LogP contribution in [-0.2, 0) is 4.79 Å². The molecule has 1 N–H and O–H groups in total. The van der Waals surface area contributed by atoms with Crippen molar-refractivity contribution in [1.29, 1.82) is 0 Å². The van der Waals surface area contributed by atoms with Gasteiger partial charge in [-0.1, -0.05) is 30.2 Å². The topological polar surface area (TPSA) is 59.0 Å². The van der Waals surface area contributed by atoms with Gasteiger partial charge in [0.15, 0.2) is 0 Å². The summed E-state index contributed by atoms with van der Waals surface area (Å²) in [6.45, 7) is 0.689. The molecule has 3 rings (SSSR count). The lowest BCUT2D eigenvalue weighted by Gasteiger charge is -2.40. The summed E-state index contributed by atoms with van der Waals surface area (Å²) in [5.41, 5.74) is 1.80. The highest BCUT2D eigenvalue weighted by Crippen LogP contribution is 2.40. The summed E-state index contributed by atoms with van der Waals surface area (Å²) in [6, 6.07) is 12.3. The Kier molecular flexibility index (Phi) is 6.24. The van der Waals surface area contributed by atoms with Crippen LogP contribution in [0.25, 0.3) is 0 Å². The summed E-state index contributed by atoms with van der Waals surface area (Å²) in [4.78, 5) is 14.0. The van der Waals surface area contributed by atoms with E-state index in [9.17, 15) is 9.90 Å². The van der Waals surface area contributed by atoms with E-state index in [1.54, 1.807) is 20.3 Å². The van der Waals surface area contributed by atoms with Gasteiger partial charge >= 0.3 is 5.97 Å². The van der Waals surface area contributed by atoms with Gasteiger partial charge in [-0.25, -0.2) is 0 Å². The minimum atomic E-state index is -0.802. The Labute approximate surface area is 164 Å². The van der Waals surface area contributed by atoms with Crippen molar-refractivity contribution in [1.82, 2.24) is 4.90 Å². The molecule has 1 fully saturated rings. The van der Waals surface area contributed by atoms with Crippen molar-refractivity contribution in [3.63, 3.8) is 0 Å². The Morgan fingerprint density at radius 2 is 2.00 bits per heavy atom. The van der Waals surface area contributed by atoms with Gasteiger partial charge in [0.1, 0.15) is 17.5 Å². The van der Waals surface area contributed by atoms with E-state index in [-0.39, 0.29) is 6.04 Å². The van der Waals surface area contributed by atoms with Crippen molar-refractivity contribution in [2.75, 3.05) is 20.8 Å². The second-order valence-electron chi connectivity index (χ2n) is 6.65. The van der Waals surface area contributed by atoms with E-state index in [1.807, 2.05) is 41.3 Å². The average molecular weight is 390 g/mol. The summed E-state index contributed by atoms with van der Waals surface area (Å²) >= 11 is 6.29. The number of carboxylic acid groups (broad SMARTS) is 1. The van der Waals surface area contributed by atoms with E-state index < -0.39 is 12.0 Å². The van der Waals surface area contributed by atoms with Crippen molar-refractivity contribution in [2.45, 2.75) is 31.3 Å². The Bertz CT molecular complexity index is 811. The molecule has 0 bridgehead atoms. The largest absolute Gasteiger partial charge is 0.497 e. The Hall–Kier alpha value is -2.24. The van der Waals surface area contributed by atoms with Crippen LogP contribution in [0.2, 0.25) is 5.02 Å². The normalized spacial score (nSPS) is 18.7. The van der Waals surface area contributed by atoms with Crippen molar-refractivity contribution >= 4 is 17.6 Å². The minimum absolute atomic E-state index is 0.296. The Balaban J connectivity index is 2.17. The lowest BCUT2D eigenvalue weighted by molar-refractivity contribution is -0.145. The summed E-state index contributed by atoms with van der Waals surface area (Å²) in [5.74, 6) is 0.605. The number of aliphatic carboxylic acids is 1. The maximum atomic E-state index is 12.0. The number of piperidine rings is 1. The first-order valence-electron chi connectivity index (χ1n) is 9.01. The third kappa shape index (κ3) is 4.20. The zero-order valence-electron chi connectivity index (χ0n) is 15.5. The number of methoxy groups -OCH3 is 2. The fraction of sp³-hybridized carbons (Fsp3) is 0.381. The van der Waals surface area contributed by atoms with Gasteiger partial charge in [-0.05, 0) is 55.3 Å². The van der Waals surface area contributed by atoms with Crippen LogP contribution in [0.4, 0.5) is 0 Å².